The number of aromatic nitrogens is 7. The molecule has 10 heterocycles. The van der Waals surface area contributed by atoms with Crippen molar-refractivity contribution in [2.45, 2.75) is 47.0 Å². The number of carbonyl (C=O) groups is 3. The second-order valence-corrected chi connectivity index (χ2v) is 36.7. The van der Waals surface area contributed by atoms with E-state index in [4.69, 9.17) is 61.4 Å². The van der Waals surface area contributed by atoms with Gasteiger partial charge in [-0.2, -0.15) is 5.26 Å². The largest absolute Gasteiger partial charge is 0.481 e. The van der Waals surface area contributed by atoms with Gasteiger partial charge in [-0.15, -0.1) is 12.4 Å². The Morgan fingerprint density at radius 1 is 0.476 bits per heavy atom. The van der Waals surface area contributed by atoms with E-state index in [9.17, 15) is 52.6 Å². The first kappa shape index (κ1) is 114. The first-order valence-corrected chi connectivity index (χ1v) is 48.4. The lowest BCUT2D eigenvalue weighted by Gasteiger charge is -2.34. The van der Waals surface area contributed by atoms with E-state index in [1.165, 1.54) is 92.1 Å². The van der Waals surface area contributed by atoms with Crippen LogP contribution in [0, 0.1) is 61.3 Å². The first-order chi connectivity index (χ1) is 69.8. The SMILES string of the molecule is CC(=O)Cc1nc2ccc(N3CCN(C)CC3)cc2[nH]1.CCOC(=N)CC(C)=O.CN1CCN(c2ccc(N)c(N)c2)CC1.CN1CCN(c2ccc([N+](=O)[O-])c(N)c2)CC1.CN1CCN(c2ccc3nc(-c4c(N)c5c(F)cccc5[nH]c4=O)[nH]c3c2)CC1.CN1CCN(c2ccc3nc(CC(=O)Nc4cccc(F)c4C#N)[nH]c3c2)CC1.CN1CCNCC1.Cc1c(N)cccc1F.Cl.Nc1cc(Cl)ccc1[N+](=O)[O-]. The molecule has 6 aliphatic heterocycles. The minimum absolute atomic E-state index is 0. The Bertz CT molecular complexity index is 6740. The second-order valence-electron chi connectivity index (χ2n) is 36.3. The number of nitro benzene ring substituents is 2. The summed E-state index contributed by atoms with van der Waals surface area (Å²) in [6.45, 7) is 32.1. The van der Waals surface area contributed by atoms with Crippen LogP contribution in [0.25, 0.3) is 55.4 Å². The van der Waals surface area contributed by atoms with Crippen molar-refractivity contribution in [2.75, 3.05) is 270 Å². The predicted octanol–water partition coefficient (Wildman–Crippen LogP) is 12.5. The number of nitrogens with one attached hydrogen (secondary N) is 7. The summed E-state index contributed by atoms with van der Waals surface area (Å²) in [4.78, 5) is 118. The highest BCUT2D eigenvalue weighted by molar-refractivity contribution is 6.31. The van der Waals surface area contributed by atoms with Crippen molar-refractivity contribution in [2.24, 2.45) is 0 Å². The molecule has 147 heavy (non-hydrogen) atoms. The molecule has 44 heteroatoms. The molecule has 0 atom stereocenters. The molecule has 0 spiro atoms. The number of hydrogen-bond donors (Lipinski definition) is 13. The zero-order chi connectivity index (χ0) is 106. The summed E-state index contributed by atoms with van der Waals surface area (Å²) in [5.74, 6) is 0.00378. The Morgan fingerprint density at radius 2 is 0.878 bits per heavy atom. The number of aromatic amines is 4. The minimum Gasteiger partial charge on any atom is -0.481 e. The molecule has 39 nitrogen and oxygen atoms in total. The molecule has 6 aliphatic rings. The fourth-order valence-corrected chi connectivity index (χ4v) is 16.6. The quantitative estimate of drug-likeness (QED) is 0.0140. The molecule has 9 aromatic carbocycles. The molecule has 6 saturated heterocycles. The lowest BCUT2D eigenvalue weighted by molar-refractivity contribution is -0.384. The van der Waals surface area contributed by atoms with Gasteiger partial charge in [0.15, 0.2) is 5.90 Å². The normalized spacial score (nSPS) is 15.1. The molecule has 0 aliphatic carbocycles. The number of Topliss-reactive ketones (excluding diaryl/α,β-unsaturated/α-hetero) is 2. The van der Waals surface area contributed by atoms with Crippen LogP contribution >= 0.6 is 24.0 Å². The molecular weight excluding hydrogens is 1930 g/mol. The highest BCUT2D eigenvalue weighted by Gasteiger charge is 2.26. The third-order valence-electron chi connectivity index (χ3n) is 25.1. The van der Waals surface area contributed by atoms with Crippen molar-refractivity contribution in [3.63, 3.8) is 0 Å². The smallest absolute Gasteiger partial charge is 0.292 e. The fraction of sp³-hybridized carbons (Fsp3) is 0.369. The molecule has 0 unspecified atom stereocenters. The van der Waals surface area contributed by atoms with Gasteiger partial charge < -0.3 is 124 Å². The number of nitro groups is 2. The Labute approximate surface area is 862 Å². The maximum atomic E-state index is 14.3. The van der Waals surface area contributed by atoms with Crippen LogP contribution in [0.15, 0.2) is 169 Å². The highest BCUT2D eigenvalue weighted by Crippen LogP contribution is 2.35. The van der Waals surface area contributed by atoms with Crippen LogP contribution in [0.2, 0.25) is 5.02 Å². The molecule has 0 bridgehead atoms. The number of likely N-dealkylation sites (N-methyl/N-ethyl adjacent to an activating group) is 6. The van der Waals surface area contributed by atoms with Gasteiger partial charge in [-0.05, 0) is 203 Å². The number of carbonyl (C=O) groups excluding carboxylic acids is 3. The van der Waals surface area contributed by atoms with Crippen molar-refractivity contribution >= 4 is 171 Å². The van der Waals surface area contributed by atoms with Gasteiger partial charge >= 0.3 is 0 Å². The van der Waals surface area contributed by atoms with Gasteiger partial charge in [0.1, 0.15) is 75.1 Å². The molecule has 13 aromatic rings. The molecule has 784 valence electrons. The van der Waals surface area contributed by atoms with E-state index >= 15 is 0 Å². The van der Waals surface area contributed by atoms with Crippen LogP contribution in [-0.4, -0.2) is 303 Å². The van der Waals surface area contributed by atoms with E-state index < -0.39 is 27.0 Å². The zero-order valence-corrected chi connectivity index (χ0v) is 86.1. The number of hydrogen-bond acceptors (Lipinski definition) is 32. The van der Waals surface area contributed by atoms with Gasteiger partial charge in [0, 0.05) is 214 Å². The van der Waals surface area contributed by atoms with Crippen LogP contribution in [0.4, 0.5) is 92.8 Å². The topological polar surface area (TPSA) is 529 Å². The molecule has 0 saturated carbocycles. The summed E-state index contributed by atoms with van der Waals surface area (Å²) >= 11 is 5.52. The fourth-order valence-electron chi connectivity index (χ4n) is 16.4. The third kappa shape index (κ3) is 33.3. The average molecular weight is 2060 g/mol. The number of anilines is 12. The zero-order valence-electron chi connectivity index (χ0n) is 84.5. The summed E-state index contributed by atoms with van der Waals surface area (Å²) in [6, 6.07) is 48.2. The summed E-state index contributed by atoms with van der Waals surface area (Å²) in [5.41, 5.74) is 47.5. The van der Waals surface area contributed by atoms with Gasteiger partial charge in [0.05, 0.1) is 102 Å². The monoisotopic (exact) mass is 2060 g/mol. The van der Waals surface area contributed by atoms with Crippen LogP contribution < -0.4 is 75.1 Å². The van der Waals surface area contributed by atoms with E-state index in [0.717, 1.165) is 200 Å². The second kappa shape index (κ2) is 54.8. The number of halogens is 5. The van der Waals surface area contributed by atoms with Gasteiger partial charge in [-0.1, -0.05) is 29.8 Å². The standard InChI is InChI=1S/2C21H21FN6O.C15H20N4O.C11H16N4O2.C11H18N4.C7H8FN.C6H5ClN2O2.C6H11NO2.C5H12N2.ClH/c1-27-7-9-28(10-8-27)12-5-6-14-16(11-12)25-20(24-14)18-19(23)17-13(22)3-2-4-15(17)26-21(18)29;1-27-7-9-28(10-8-27)14-5-6-18-19(11-14)25-20(24-18)12-21(29)26-17-4-2-3-16(22)15(17)13-23;1-11(20)9-15-16-13-4-3-12(10-14(13)17-15)19-7-5-18(2)6-8-19;1-13-4-6-14(7-5-13)9-2-3-11(15(16)17)10(12)8-9;1-14-4-6-15(7-5-14)9-2-3-10(12)11(13)8-9;1-5-6(8)3-2-4-7(5)9;7-4-1-2-6(9(10)11)5(8)3-4;1-3-9-6(7)4-5(2)8;1-7-4-2-6-3-5-7;/h2-6,11H,7-10H2,1H3,(H,24,25)(H3,23,26,29);2-6,11H,7-10,12H2,1H3,(H,24,25)(H,26,29);3-4,10H,5-9H2,1-2H3,(H,16,17);2-3,8H,4-7,12H2,1H3;2-3,8H,4-7,12-13H2,1H3;2-4H,9H2,1H3;1-3H,8H2;7H,3-4H2,1-2H3;6H,2-5H2,1H3;1H. The molecule has 4 aromatic heterocycles. The number of imidazole rings is 3. The number of ether oxygens (including phenoxy) is 1. The lowest BCUT2D eigenvalue weighted by atomic mass is 10.1. The molecule has 1 amide bonds. The Hall–Kier alpha value is -14.9. The maximum Gasteiger partial charge on any atom is 0.292 e. The average Bonchev–Trinajstić information content (AvgIpc) is 1.66. The summed E-state index contributed by atoms with van der Waals surface area (Å²) in [7, 11) is 12.8. The van der Waals surface area contributed by atoms with Gasteiger partial charge in [0.2, 0.25) is 5.91 Å². The number of benzene rings is 9. The van der Waals surface area contributed by atoms with Crippen LogP contribution in [0.3, 0.4) is 0 Å². The number of nitrogen functional groups attached to an aromatic ring is 6. The molecule has 19 N–H and O–H groups in total. The van der Waals surface area contributed by atoms with E-state index in [0.29, 0.717) is 57.8 Å². The number of rotatable bonds is 16. The Kier molecular flexibility index (Phi) is 42.5. The van der Waals surface area contributed by atoms with Crippen molar-refractivity contribution < 1.29 is 42.1 Å². The van der Waals surface area contributed by atoms with Crippen LogP contribution in [-0.2, 0) is 32.0 Å². The van der Waals surface area contributed by atoms with Crippen LogP contribution in [0.5, 0.6) is 0 Å². The van der Waals surface area contributed by atoms with Gasteiger partial charge in [-0.3, -0.25) is 44.8 Å². The number of amides is 1. The van der Waals surface area contributed by atoms with Crippen molar-refractivity contribution in [3.05, 3.63) is 240 Å². The first-order valence-electron chi connectivity index (χ1n) is 48.0. The van der Waals surface area contributed by atoms with E-state index in [2.05, 4.69) is 160 Å². The number of ketones is 2. The molecule has 0 radical (unpaired) electrons. The third-order valence-corrected chi connectivity index (χ3v) is 25.3. The molecule has 19 rings (SSSR count). The Morgan fingerprint density at radius 3 is 1.29 bits per heavy atom. The number of nitrogens with two attached hydrogens (primary N) is 6. The summed E-state index contributed by atoms with van der Waals surface area (Å²) < 4.78 is 45.2. The van der Waals surface area contributed by atoms with E-state index in [1.54, 1.807) is 57.2 Å². The van der Waals surface area contributed by atoms with Crippen molar-refractivity contribution in [3.8, 4) is 17.5 Å². The maximum absolute atomic E-state index is 14.3. The van der Waals surface area contributed by atoms with E-state index in [1.807, 2.05) is 54.6 Å². The van der Waals surface area contributed by atoms with Crippen molar-refractivity contribution in [1.29, 1.82) is 10.7 Å². The van der Waals surface area contributed by atoms with Gasteiger partial charge in [-0.25, -0.2) is 28.1 Å². The summed E-state index contributed by atoms with van der Waals surface area (Å²) in [5, 5.41) is 43.4. The van der Waals surface area contributed by atoms with E-state index in [-0.39, 0.29) is 105 Å². The van der Waals surface area contributed by atoms with Crippen LogP contribution in [0.1, 0.15) is 50.0 Å². The summed E-state index contributed by atoms with van der Waals surface area (Å²) in [6.07, 6.45) is 0.492. The molecule has 6 fully saturated rings. The number of H-pyrrole nitrogens is 4. The number of fused-ring (bicyclic) bond motifs is 4. The number of nitrogens with zero attached hydrogens (tertiary/aromatic N) is 17. The van der Waals surface area contributed by atoms with Gasteiger partial charge in [0.25, 0.3) is 16.9 Å². The van der Waals surface area contributed by atoms with Crippen molar-refractivity contribution in [1.82, 2.24) is 69.6 Å². The number of pyridine rings is 1. The highest BCUT2D eigenvalue weighted by atomic mass is 35.5. The molecular formula is C103H133Cl2F3N30O9. The predicted molar refractivity (Wildman–Crippen MR) is 586 cm³/mol. The number of nitriles is 1. The minimum atomic E-state index is -0.662. The lowest BCUT2D eigenvalue weighted by Crippen LogP contribution is -2.44. The number of piperazine rings is 6. The Balaban J connectivity index is 0.000000176.